The Bertz CT molecular complexity index is 970. The lowest BCUT2D eigenvalue weighted by molar-refractivity contribution is -0.236. The fraction of sp³-hybridized carbons (Fsp3) is 0.932. The number of carbonyl (C=O) groups is 3. The van der Waals surface area contributed by atoms with Crippen LogP contribution in [-0.2, 0) is 19.1 Å². The summed E-state index contributed by atoms with van der Waals surface area (Å²) in [6.07, 6.45) is 28.8. The van der Waals surface area contributed by atoms with Gasteiger partial charge in [-0.1, -0.05) is 162 Å². The molecule has 1 fully saturated rings. The summed E-state index contributed by atoms with van der Waals surface area (Å²) in [5, 5.41) is 39.1. The van der Waals surface area contributed by atoms with Gasteiger partial charge in [-0.3, -0.25) is 14.4 Å². The molecule has 1 aliphatic rings. The van der Waals surface area contributed by atoms with Crippen LogP contribution in [0.25, 0.3) is 0 Å². The molecule has 0 aromatic heterocycles. The van der Waals surface area contributed by atoms with Crippen LogP contribution in [-0.4, -0.2) is 82.8 Å². The molecule has 8 N–H and O–H groups in total. The highest BCUT2D eigenvalue weighted by Gasteiger charge is 2.46. The molecule has 0 aromatic rings. The highest BCUT2D eigenvalue weighted by atomic mass is 16.6. The molecule has 3 amide bonds. The van der Waals surface area contributed by atoms with Gasteiger partial charge in [-0.25, -0.2) is 0 Å². The minimum absolute atomic E-state index is 0.00234. The van der Waals surface area contributed by atoms with Crippen LogP contribution in [0.2, 0.25) is 0 Å². The van der Waals surface area contributed by atoms with Crippen molar-refractivity contribution in [1.82, 2.24) is 16.0 Å². The molecule has 11 nitrogen and oxygen atoms in total. The fourth-order valence-electron chi connectivity index (χ4n) is 7.70. The van der Waals surface area contributed by atoms with Crippen molar-refractivity contribution >= 4 is 17.7 Å². The molecule has 0 bridgehead atoms. The Hall–Kier alpha value is -1.79. The number of nitrogens with two attached hydrogens (primary N) is 1. The average Bonchev–Trinajstić information content (AvgIpc) is 3.15. The lowest BCUT2D eigenvalue weighted by Crippen LogP contribution is -2.63. The van der Waals surface area contributed by atoms with Gasteiger partial charge in [0.25, 0.3) is 0 Å². The maximum Gasteiger partial charge on any atom is 0.241 e. The molecule has 1 heterocycles. The molecule has 1 saturated heterocycles. The monoisotopic (exact) mass is 783 g/mol. The molecule has 55 heavy (non-hydrogen) atoms. The average molecular weight is 783 g/mol. The van der Waals surface area contributed by atoms with Gasteiger partial charge >= 0.3 is 0 Å². The van der Waals surface area contributed by atoms with Crippen LogP contribution in [0.3, 0.4) is 0 Å². The molecule has 324 valence electrons. The van der Waals surface area contributed by atoms with Crippen LogP contribution in [0.4, 0.5) is 0 Å². The van der Waals surface area contributed by atoms with E-state index in [-0.39, 0.29) is 24.8 Å². The molecule has 5 atom stereocenters. The van der Waals surface area contributed by atoms with E-state index < -0.39 is 48.5 Å². The fourth-order valence-corrected chi connectivity index (χ4v) is 7.70. The van der Waals surface area contributed by atoms with E-state index in [0.717, 1.165) is 45.1 Å². The predicted molar refractivity (Wildman–Crippen MR) is 223 cm³/mol. The van der Waals surface area contributed by atoms with E-state index in [9.17, 15) is 29.7 Å². The van der Waals surface area contributed by atoms with Crippen molar-refractivity contribution in [1.29, 1.82) is 0 Å². The molecule has 0 saturated carbocycles. The predicted octanol–water partition coefficient (Wildman–Crippen LogP) is 7.46. The first-order chi connectivity index (χ1) is 26.5. The summed E-state index contributed by atoms with van der Waals surface area (Å²) in [6.45, 7) is 6.26. The van der Waals surface area contributed by atoms with Crippen molar-refractivity contribution in [2.24, 2.45) is 11.7 Å². The second kappa shape index (κ2) is 33.2. The van der Waals surface area contributed by atoms with Crippen molar-refractivity contribution in [3.8, 4) is 0 Å². The highest BCUT2D eigenvalue weighted by Crippen LogP contribution is 2.32. The number of hydrogen-bond acceptors (Lipinski definition) is 8. The van der Waals surface area contributed by atoms with Gasteiger partial charge in [0.05, 0.1) is 25.3 Å². The Morgan fingerprint density at radius 1 is 0.691 bits per heavy atom. The van der Waals surface area contributed by atoms with Crippen molar-refractivity contribution in [3.63, 3.8) is 0 Å². The molecular weight excluding hydrogens is 697 g/mol. The van der Waals surface area contributed by atoms with Crippen LogP contribution >= 0.6 is 0 Å². The summed E-state index contributed by atoms with van der Waals surface area (Å²) in [7, 11) is 0. The van der Waals surface area contributed by atoms with Crippen LogP contribution in [0, 0.1) is 5.92 Å². The molecule has 0 spiro atoms. The SMILES string of the molecule is CCCCCCCCCCCC(=O)NCCCCCCCCCCCCCCCCCC[C@@]1(NC(=O)CNC(=O)[C@@H](N)CC(C)C)C[C@@H](O)[C@H](O)[C@@H](CO)O1. The Morgan fingerprint density at radius 2 is 1.16 bits per heavy atom. The first kappa shape index (κ1) is 51.2. The zero-order chi connectivity index (χ0) is 40.6. The van der Waals surface area contributed by atoms with E-state index in [1.807, 2.05) is 13.8 Å². The first-order valence-corrected chi connectivity index (χ1v) is 22.8. The van der Waals surface area contributed by atoms with Crippen LogP contribution in [0.1, 0.15) is 207 Å². The number of aliphatic hydroxyl groups excluding tert-OH is 3. The van der Waals surface area contributed by atoms with Crippen molar-refractivity contribution in [2.75, 3.05) is 19.7 Å². The number of unbranched alkanes of at least 4 members (excludes halogenated alkanes) is 23. The van der Waals surface area contributed by atoms with Gasteiger partial charge in [-0.2, -0.15) is 0 Å². The largest absolute Gasteiger partial charge is 0.394 e. The van der Waals surface area contributed by atoms with Gasteiger partial charge in [-0.05, 0) is 38.0 Å². The van der Waals surface area contributed by atoms with E-state index in [2.05, 4.69) is 22.9 Å². The zero-order valence-electron chi connectivity index (χ0n) is 35.6. The Morgan fingerprint density at radius 3 is 1.65 bits per heavy atom. The van der Waals surface area contributed by atoms with Crippen LogP contribution < -0.4 is 21.7 Å². The van der Waals surface area contributed by atoms with Crippen molar-refractivity contribution < 1.29 is 34.4 Å². The number of rotatable bonds is 36. The van der Waals surface area contributed by atoms with Crippen LogP contribution in [0.15, 0.2) is 0 Å². The highest BCUT2D eigenvalue weighted by molar-refractivity contribution is 5.87. The third-order valence-electron chi connectivity index (χ3n) is 11.1. The van der Waals surface area contributed by atoms with Crippen LogP contribution in [0.5, 0.6) is 0 Å². The van der Waals surface area contributed by atoms with E-state index in [1.165, 1.54) is 122 Å². The van der Waals surface area contributed by atoms with Gasteiger partial charge in [0.2, 0.25) is 17.7 Å². The summed E-state index contributed by atoms with van der Waals surface area (Å²) in [4.78, 5) is 37.2. The molecule has 0 aromatic carbocycles. The third kappa shape index (κ3) is 26.7. The first-order valence-electron chi connectivity index (χ1n) is 22.8. The van der Waals surface area contributed by atoms with Crippen molar-refractivity contribution in [2.45, 2.75) is 237 Å². The molecule has 1 rings (SSSR count). The quantitative estimate of drug-likeness (QED) is 0.0320. The van der Waals surface area contributed by atoms with Crippen molar-refractivity contribution in [3.05, 3.63) is 0 Å². The Kier molecular flexibility index (Phi) is 30.9. The van der Waals surface area contributed by atoms with Gasteiger partial charge in [-0.15, -0.1) is 0 Å². The third-order valence-corrected chi connectivity index (χ3v) is 11.1. The van der Waals surface area contributed by atoms with Gasteiger partial charge < -0.3 is 41.7 Å². The maximum atomic E-state index is 12.9. The summed E-state index contributed by atoms with van der Waals surface area (Å²) < 4.78 is 6.01. The standard InChI is InChI=1S/C44H86N4O7/c1-4-5-6-7-8-17-20-23-26-29-40(51)46-31-28-25-22-19-16-14-12-10-9-11-13-15-18-21-24-27-30-44(33-38(50)42(53)39(35-49)55-44)48-41(52)34-47-43(54)37(45)32-36(2)3/h36-39,42,49-50,53H,4-35,45H2,1-3H3,(H,46,51)(H,47,54)(H,48,52)/t37-,38+,39+,42-,44-/m0/s1. The zero-order valence-corrected chi connectivity index (χ0v) is 35.6. The topological polar surface area (TPSA) is 183 Å². The second-order valence-electron chi connectivity index (χ2n) is 16.9. The number of amides is 3. The normalized spacial score (nSPS) is 20.4. The lowest BCUT2D eigenvalue weighted by Gasteiger charge is -2.45. The summed E-state index contributed by atoms with van der Waals surface area (Å²) in [5.74, 6) is -0.398. The molecule has 0 radical (unpaired) electrons. The van der Waals surface area contributed by atoms with E-state index >= 15 is 0 Å². The maximum absolute atomic E-state index is 12.9. The van der Waals surface area contributed by atoms with Gasteiger partial charge in [0.15, 0.2) is 0 Å². The summed E-state index contributed by atoms with van der Waals surface area (Å²) in [5.41, 5.74) is 4.69. The lowest BCUT2D eigenvalue weighted by atomic mass is 9.89. The summed E-state index contributed by atoms with van der Waals surface area (Å²) >= 11 is 0. The number of ether oxygens (including phenoxy) is 1. The molecule has 11 heteroatoms. The molecular formula is C44H86N4O7. The number of aliphatic hydroxyl groups is 3. The molecule has 0 aliphatic carbocycles. The second-order valence-corrected chi connectivity index (χ2v) is 16.9. The Labute approximate surface area is 335 Å². The van der Waals surface area contributed by atoms with Gasteiger partial charge in [0, 0.05) is 19.4 Å². The van der Waals surface area contributed by atoms with E-state index in [4.69, 9.17) is 10.5 Å². The van der Waals surface area contributed by atoms with E-state index in [1.54, 1.807) is 0 Å². The van der Waals surface area contributed by atoms with Gasteiger partial charge in [0.1, 0.15) is 17.9 Å². The number of hydrogen-bond donors (Lipinski definition) is 7. The number of carbonyl (C=O) groups excluding carboxylic acids is 3. The summed E-state index contributed by atoms with van der Waals surface area (Å²) in [6, 6.07) is -0.702. The van der Waals surface area contributed by atoms with E-state index in [0.29, 0.717) is 19.3 Å². The molecule has 1 aliphatic heterocycles. The smallest absolute Gasteiger partial charge is 0.241 e. The number of nitrogens with one attached hydrogen (secondary N) is 3. The molecule has 0 unspecified atom stereocenters. The minimum atomic E-state index is -1.25. The minimum Gasteiger partial charge on any atom is -0.394 e. The Balaban J connectivity index is 2.06.